The minimum atomic E-state index is -1.06. The molecule has 0 radical (unpaired) electrons. The molecule has 0 amide bonds. The Hall–Kier alpha value is -1.84. The predicted molar refractivity (Wildman–Crippen MR) is 56.3 cm³/mol. The summed E-state index contributed by atoms with van der Waals surface area (Å²) in [6.07, 6.45) is 1.25. The third-order valence-electron chi connectivity index (χ3n) is 1.38. The molecule has 0 aromatic heterocycles. The van der Waals surface area contributed by atoms with Gasteiger partial charge in [0.05, 0.1) is 11.1 Å². The molecule has 15 heavy (non-hydrogen) atoms. The third-order valence-corrected chi connectivity index (χ3v) is 1.38. The second kappa shape index (κ2) is 6.59. The molecule has 0 unspecified atom stereocenters. The highest BCUT2D eigenvalue weighted by Gasteiger charge is 2.04. The van der Waals surface area contributed by atoms with Crippen molar-refractivity contribution >= 4 is 11.9 Å². The van der Waals surface area contributed by atoms with E-state index in [9.17, 15) is 9.59 Å². The standard InChI is InChI=1S/C8H6O4.C3H8/c9-7(10)5-1-2-6(4-3-5)8(11)12;1-3-2/h1-4H,(H,9,10)(H,11,12);3H2,1-2H3. The molecule has 0 saturated heterocycles. The fourth-order valence-electron chi connectivity index (χ4n) is 0.755. The Morgan fingerprint density at radius 1 is 0.933 bits per heavy atom. The first-order chi connectivity index (χ1) is 7.02. The maximum atomic E-state index is 10.3. The van der Waals surface area contributed by atoms with Crippen LogP contribution in [0.3, 0.4) is 0 Å². The van der Waals surface area contributed by atoms with Gasteiger partial charge in [0.15, 0.2) is 0 Å². The second-order valence-corrected chi connectivity index (χ2v) is 2.89. The van der Waals surface area contributed by atoms with Gasteiger partial charge in [0.25, 0.3) is 0 Å². The molecule has 1 rings (SSSR count). The van der Waals surface area contributed by atoms with Crippen molar-refractivity contribution in [2.45, 2.75) is 20.3 Å². The highest BCUT2D eigenvalue weighted by molar-refractivity contribution is 5.91. The lowest BCUT2D eigenvalue weighted by atomic mass is 10.1. The van der Waals surface area contributed by atoms with Crippen LogP contribution < -0.4 is 0 Å². The highest BCUT2D eigenvalue weighted by atomic mass is 16.4. The van der Waals surface area contributed by atoms with Crippen LogP contribution in [0, 0.1) is 0 Å². The number of rotatable bonds is 2. The summed E-state index contributed by atoms with van der Waals surface area (Å²) < 4.78 is 0. The minimum absolute atomic E-state index is 0.0833. The summed E-state index contributed by atoms with van der Waals surface area (Å²) in [5, 5.41) is 16.9. The van der Waals surface area contributed by atoms with E-state index in [-0.39, 0.29) is 11.1 Å². The maximum absolute atomic E-state index is 10.3. The van der Waals surface area contributed by atoms with E-state index in [0.29, 0.717) is 0 Å². The molecule has 82 valence electrons. The molecule has 0 aliphatic heterocycles. The number of benzene rings is 1. The fraction of sp³-hybridized carbons (Fsp3) is 0.273. The van der Waals surface area contributed by atoms with Gasteiger partial charge >= 0.3 is 11.9 Å². The van der Waals surface area contributed by atoms with E-state index in [4.69, 9.17) is 10.2 Å². The van der Waals surface area contributed by atoms with Gasteiger partial charge in [0.1, 0.15) is 0 Å². The van der Waals surface area contributed by atoms with E-state index in [1.807, 2.05) is 0 Å². The largest absolute Gasteiger partial charge is 0.478 e. The molecule has 2 N–H and O–H groups in total. The van der Waals surface area contributed by atoms with Crippen LogP contribution in [-0.4, -0.2) is 22.2 Å². The highest BCUT2D eigenvalue weighted by Crippen LogP contribution is 2.03. The van der Waals surface area contributed by atoms with Crippen molar-refractivity contribution in [2.24, 2.45) is 0 Å². The van der Waals surface area contributed by atoms with Gasteiger partial charge in [-0.05, 0) is 24.3 Å². The zero-order valence-electron chi connectivity index (χ0n) is 8.73. The molecule has 0 saturated carbocycles. The number of carboxylic acids is 2. The smallest absolute Gasteiger partial charge is 0.335 e. The van der Waals surface area contributed by atoms with Crippen LogP contribution in [0.15, 0.2) is 24.3 Å². The number of hydrogen-bond acceptors (Lipinski definition) is 2. The van der Waals surface area contributed by atoms with Crippen molar-refractivity contribution in [2.75, 3.05) is 0 Å². The van der Waals surface area contributed by atoms with Gasteiger partial charge in [0.2, 0.25) is 0 Å². The summed E-state index contributed by atoms with van der Waals surface area (Å²) >= 11 is 0. The SMILES string of the molecule is CCC.O=C(O)c1ccc(C(=O)O)cc1. The fourth-order valence-corrected chi connectivity index (χ4v) is 0.755. The molecular weight excluding hydrogens is 196 g/mol. The maximum Gasteiger partial charge on any atom is 0.335 e. The van der Waals surface area contributed by atoms with Crippen molar-refractivity contribution in [3.63, 3.8) is 0 Å². The summed E-state index contributed by atoms with van der Waals surface area (Å²) in [6, 6.07) is 5.02. The van der Waals surface area contributed by atoms with Gasteiger partial charge in [-0.25, -0.2) is 9.59 Å². The topological polar surface area (TPSA) is 74.6 Å². The predicted octanol–water partition coefficient (Wildman–Crippen LogP) is 2.50. The van der Waals surface area contributed by atoms with E-state index in [2.05, 4.69) is 13.8 Å². The van der Waals surface area contributed by atoms with Gasteiger partial charge < -0.3 is 10.2 Å². The molecule has 0 atom stereocenters. The minimum Gasteiger partial charge on any atom is -0.478 e. The lowest BCUT2D eigenvalue weighted by molar-refractivity contribution is 0.0681. The summed E-state index contributed by atoms with van der Waals surface area (Å²) in [6.45, 7) is 4.25. The lowest BCUT2D eigenvalue weighted by Crippen LogP contribution is -1.99. The van der Waals surface area contributed by atoms with Crippen LogP contribution in [0.1, 0.15) is 41.0 Å². The van der Waals surface area contributed by atoms with Crippen LogP contribution in [0.4, 0.5) is 0 Å². The molecule has 4 heteroatoms. The van der Waals surface area contributed by atoms with E-state index >= 15 is 0 Å². The number of carboxylic acid groups (broad SMARTS) is 2. The zero-order valence-corrected chi connectivity index (χ0v) is 8.73. The van der Waals surface area contributed by atoms with Crippen LogP contribution in [0.5, 0.6) is 0 Å². The Kier molecular flexibility index (Phi) is 5.78. The Bertz CT molecular complexity index is 294. The van der Waals surface area contributed by atoms with E-state index in [0.717, 1.165) is 0 Å². The number of carbonyl (C=O) groups is 2. The molecule has 1 aromatic carbocycles. The van der Waals surface area contributed by atoms with Gasteiger partial charge in [-0.1, -0.05) is 20.3 Å². The third kappa shape index (κ3) is 4.81. The molecule has 0 aliphatic rings. The lowest BCUT2D eigenvalue weighted by Gasteiger charge is -1.94. The van der Waals surface area contributed by atoms with Crippen molar-refractivity contribution < 1.29 is 19.8 Å². The molecule has 0 spiro atoms. The zero-order chi connectivity index (χ0) is 11.8. The van der Waals surface area contributed by atoms with Crippen LogP contribution in [0.2, 0.25) is 0 Å². The number of hydrogen-bond donors (Lipinski definition) is 2. The van der Waals surface area contributed by atoms with Gasteiger partial charge in [-0.2, -0.15) is 0 Å². The van der Waals surface area contributed by atoms with E-state index in [1.165, 1.54) is 30.7 Å². The van der Waals surface area contributed by atoms with E-state index < -0.39 is 11.9 Å². The first-order valence-electron chi connectivity index (χ1n) is 4.59. The van der Waals surface area contributed by atoms with E-state index in [1.54, 1.807) is 0 Å². The Morgan fingerprint density at radius 2 is 1.13 bits per heavy atom. The van der Waals surface area contributed by atoms with Gasteiger partial charge in [-0.15, -0.1) is 0 Å². The molecule has 0 heterocycles. The first kappa shape index (κ1) is 13.2. The molecule has 4 nitrogen and oxygen atoms in total. The monoisotopic (exact) mass is 210 g/mol. The Labute approximate surface area is 88.2 Å². The van der Waals surface area contributed by atoms with Gasteiger partial charge in [-0.3, -0.25) is 0 Å². The molecule has 1 aromatic rings. The summed E-state index contributed by atoms with van der Waals surface area (Å²) in [4.78, 5) is 20.7. The summed E-state index contributed by atoms with van der Waals surface area (Å²) in [5.41, 5.74) is 0.167. The van der Waals surface area contributed by atoms with Crippen LogP contribution in [0.25, 0.3) is 0 Å². The van der Waals surface area contributed by atoms with Crippen molar-refractivity contribution in [1.29, 1.82) is 0 Å². The first-order valence-corrected chi connectivity index (χ1v) is 4.59. The Morgan fingerprint density at radius 3 is 1.27 bits per heavy atom. The number of aromatic carboxylic acids is 2. The molecular formula is C11H14O4. The van der Waals surface area contributed by atoms with Gasteiger partial charge in [0, 0.05) is 0 Å². The summed E-state index contributed by atoms with van der Waals surface area (Å²) in [5.74, 6) is -2.13. The summed E-state index contributed by atoms with van der Waals surface area (Å²) in [7, 11) is 0. The van der Waals surface area contributed by atoms with Crippen LogP contribution >= 0.6 is 0 Å². The van der Waals surface area contributed by atoms with Crippen molar-refractivity contribution in [1.82, 2.24) is 0 Å². The molecule has 0 bridgehead atoms. The normalized spacial score (nSPS) is 8.67. The quantitative estimate of drug-likeness (QED) is 0.786. The average Bonchev–Trinajstić information content (AvgIpc) is 2.19. The Balaban J connectivity index is 0.000000583. The molecule has 0 fully saturated rings. The van der Waals surface area contributed by atoms with Crippen LogP contribution in [-0.2, 0) is 0 Å². The van der Waals surface area contributed by atoms with Crippen molar-refractivity contribution in [3.05, 3.63) is 35.4 Å². The molecule has 0 aliphatic carbocycles. The van der Waals surface area contributed by atoms with Crippen molar-refractivity contribution in [3.8, 4) is 0 Å². The average molecular weight is 210 g/mol. The second-order valence-electron chi connectivity index (χ2n) is 2.89.